The first-order valence-electron chi connectivity index (χ1n) is 47.0. The molecule has 0 aliphatic rings. The van der Waals surface area contributed by atoms with E-state index in [9.17, 15) is 0 Å². The van der Waals surface area contributed by atoms with Gasteiger partial charge in [-0.15, -0.1) is 0 Å². The third kappa shape index (κ3) is 12.5. The zero-order valence-electron chi connectivity index (χ0n) is 74.3. The fraction of sp³-hybridized carbons (Fsp3) is 0. The molecule has 4 heterocycles. The first-order valence-corrected chi connectivity index (χ1v) is 47.0. The standard InChI is InChI=1S/2C66H42N2/c1-4-19-43(20-5-1)48-28-14-21-44-41-45(39-40-49(44)48)64-54-31-15-29-50(52-33-17-37-62-65(52)56-26-10-12-35-60(56)67(62)46-22-6-2-7-23-46)58(54)42-59-51(30-16-32-55(59)64)53-34-18-38-63-66(53)57-27-11-13-36-61(57)68(63)47-24-8-3-9-25-47;1-4-17-43(18-5-1)50-26-14-19-44-39-47(33-36-53(44)50)66-56-29-15-27-51(45-34-37-64-60(40-45)54-24-10-12-31-62(54)67(64)48-20-6-2-7-21-48)58(56)42-59-52(28-16-30-57(59)66)46-35-38-65-61(41-46)55-25-11-13-32-63(55)68(65)49-22-8-3-9-23-49/h2*1-42H. The van der Waals surface area contributed by atoms with Crippen LogP contribution in [0, 0.1) is 0 Å². The largest absolute Gasteiger partial charge is 0.309 e. The van der Waals surface area contributed by atoms with Crippen molar-refractivity contribution >= 4 is 152 Å². The van der Waals surface area contributed by atoms with Crippen LogP contribution in [0.15, 0.2) is 510 Å². The second kappa shape index (κ2) is 32.0. The second-order valence-corrected chi connectivity index (χ2v) is 35.9. The van der Waals surface area contributed by atoms with Gasteiger partial charge < -0.3 is 18.3 Å². The van der Waals surface area contributed by atoms with E-state index in [2.05, 4.69) is 528 Å². The molecule has 136 heavy (non-hydrogen) atoms. The van der Waals surface area contributed by atoms with E-state index in [1.807, 2.05) is 0 Å². The average Bonchev–Trinajstić information content (AvgIpc) is 1.66. The van der Waals surface area contributed by atoms with Gasteiger partial charge in [-0.1, -0.05) is 376 Å². The molecule has 0 saturated carbocycles. The molecule has 0 unspecified atom stereocenters. The molecule has 0 bridgehead atoms. The van der Waals surface area contributed by atoms with Crippen LogP contribution < -0.4 is 0 Å². The van der Waals surface area contributed by atoms with Crippen molar-refractivity contribution < 1.29 is 0 Å². The summed E-state index contributed by atoms with van der Waals surface area (Å²) in [6.07, 6.45) is 0. The van der Waals surface area contributed by atoms with Crippen molar-refractivity contribution in [1.82, 2.24) is 18.3 Å². The molecule has 0 fully saturated rings. The molecule has 24 aromatic carbocycles. The SMILES string of the molecule is c1ccc(-c2cccc3cc(-c4c5cccc(-c6ccc7c(c6)c6ccccc6n7-c6ccccc6)c5cc5c(-c6ccc7c(c6)c6ccccc6n7-c6ccccc6)cccc45)ccc23)cc1.c1ccc(-c2cccc3cc(-c4c5cccc(-c6cccc7c6c6ccccc6n7-c6ccccc6)c5cc5c(-c6cccc7c6c6ccccc6n7-c6ccccc6)cccc45)ccc23)cc1. The summed E-state index contributed by atoms with van der Waals surface area (Å²) in [6, 6.07) is 188. The van der Waals surface area contributed by atoms with Crippen LogP contribution in [0.2, 0.25) is 0 Å². The maximum absolute atomic E-state index is 2.50. The van der Waals surface area contributed by atoms with Crippen molar-refractivity contribution in [3.05, 3.63) is 510 Å². The number of hydrogen-bond acceptors (Lipinski definition) is 0. The van der Waals surface area contributed by atoms with Crippen LogP contribution in [0.4, 0.5) is 0 Å². The van der Waals surface area contributed by atoms with Gasteiger partial charge in [0.15, 0.2) is 0 Å². The van der Waals surface area contributed by atoms with Crippen LogP contribution in [0.1, 0.15) is 0 Å². The summed E-state index contributed by atoms with van der Waals surface area (Å²) in [4.78, 5) is 0. The number of aromatic nitrogens is 4. The fourth-order valence-corrected chi connectivity index (χ4v) is 22.7. The van der Waals surface area contributed by atoms with Crippen LogP contribution in [-0.4, -0.2) is 18.3 Å². The molecule has 0 saturated heterocycles. The van der Waals surface area contributed by atoms with Gasteiger partial charge >= 0.3 is 0 Å². The Hall–Kier alpha value is -18.0. The fourth-order valence-electron chi connectivity index (χ4n) is 22.7. The highest BCUT2D eigenvalue weighted by Crippen LogP contribution is 2.52. The van der Waals surface area contributed by atoms with Crippen molar-refractivity contribution in [3.63, 3.8) is 0 Å². The van der Waals surface area contributed by atoms with E-state index in [1.54, 1.807) is 0 Å². The zero-order valence-corrected chi connectivity index (χ0v) is 74.3. The predicted molar refractivity (Wildman–Crippen MR) is 579 cm³/mol. The molecule has 4 aromatic heterocycles. The van der Waals surface area contributed by atoms with Gasteiger partial charge in [-0.05, 0) is 287 Å². The van der Waals surface area contributed by atoms with Crippen molar-refractivity contribution in [1.29, 1.82) is 0 Å². The maximum atomic E-state index is 2.50. The minimum absolute atomic E-state index is 1.15. The van der Waals surface area contributed by atoms with Gasteiger partial charge in [0.05, 0.1) is 44.1 Å². The Morgan fingerprint density at radius 3 is 0.728 bits per heavy atom. The number of fused-ring (bicyclic) bond motifs is 18. The minimum Gasteiger partial charge on any atom is -0.309 e. The van der Waals surface area contributed by atoms with Gasteiger partial charge in [0, 0.05) is 65.8 Å². The molecule has 0 radical (unpaired) electrons. The van der Waals surface area contributed by atoms with Gasteiger partial charge in [0.2, 0.25) is 0 Å². The third-order valence-corrected chi connectivity index (χ3v) is 28.6. The Kier molecular flexibility index (Phi) is 18.3. The Balaban J connectivity index is 0.000000138. The van der Waals surface area contributed by atoms with Gasteiger partial charge in [-0.3, -0.25) is 0 Å². The lowest BCUT2D eigenvalue weighted by molar-refractivity contribution is 1.18. The highest BCUT2D eigenvalue weighted by Gasteiger charge is 2.26. The highest BCUT2D eigenvalue weighted by molar-refractivity contribution is 6.27. The summed E-state index contributed by atoms with van der Waals surface area (Å²) in [5, 5.41) is 24.8. The highest BCUT2D eigenvalue weighted by atomic mass is 15.0. The molecule has 4 heteroatoms. The van der Waals surface area contributed by atoms with Crippen LogP contribution in [-0.2, 0) is 0 Å². The first kappa shape index (κ1) is 77.9. The van der Waals surface area contributed by atoms with Gasteiger partial charge in [0.25, 0.3) is 0 Å². The quantitative estimate of drug-likeness (QED) is 0.109. The van der Waals surface area contributed by atoms with Crippen LogP contribution in [0.3, 0.4) is 0 Å². The molecular weight excluding hydrogens is 1640 g/mol. The summed E-state index contributed by atoms with van der Waals surface area (Å²) in [7, 11) is 0. The van der Waals surface area contributed by atoms with Gasteiger partial charge in [-0.25, -0.2) is 0 Å². The normalized spacial score (nSPS) is 11.8. The monoisotopic (exact) mass is 1720 g/mol. The molecule has 0 atom stereocenters. The number of nitrogens with zero attached hydrogens (tertiary/aromatic N) is 4. The lowest BCUT2D eigenvalue weighted by Gasteiger charge is -2.19. The molecule has 28 rings (SSSR count). The van der Waals surface area contributed by atoms with Crippen molar-refractivity contribution in [2.45, 2.75) is 0 Å². The third-order valence-electron chi connectivity index (χ3n) is 28.6. The molecule has 28 aromatic rings. The van der Waals surface area contributed by atoms with Gasteiger partial charge in [0.1, 0.15) is 0 Å². The summed E-state index contributed by atoms with van der Waals surface area (Å²) in [5.41, 5.74) is 33.8. The Morgan fingerprint density at radius 2 is 0.360 bits per heavy atom. The Morgan fingerprint density at radius 1 is 0.110 bits per heavy atom. The van der Waals surface area contributed by atoms with E-state index in [0.717, 1.165) is 22.7 Å². The molecular formula is C132H84N4. The molecule has 632 valence electrons. The predicted octanol–water partition coefficient (Wildman–Crippen LogP) is 36.0. The van der Waals surface area contributed by atoms with E-state index in [1.165, 1.54) is 241 Å². The average molecular weight is 1730 g/mol. The first-order chi connectivity index (χ1) is 67.5. The smallest absolute Gasteiger partial charge is 0.0547 e. The van der Waals surface area contributed by atoms with Crippen molar-refractivity contribution in [2.24, 2.45) is 0 Å². The van der Waals surface area contributed by atoms with E-state index < -0.39 is 0 Å². The van der Waals surface area contributed by atoms with Crippen molar-refractivity contribution in [2.75, 3.05) is 0 Å². The van der Waals surface area contributed by atoms with E-state index in [-0.39, 0.29) is 0 Å². The summed E-state index contributed by atoms with van der Waals surface area (Å²) < 4.78 is 9.63. The van der Waals surface area contributed by atoms with Crippen molar-refractivity contribution in [3.8, 4) is 112 Å². The zero-order chi connectivity index (χ0) is 89.4. The molecule has 0 amide bonds. The number of benzene rings is 24. The molecule has 0 N–H and O–H groups in total. The number of para-hydroxylation sites is 8. The summed E-state index contributed by atoms with van der Waals surface area (Å²) in [6.45, 7) is 0. The Labute approximate surface area is 785 Å². The molecule has 0 spiro atoms. The van der Waals surface area contributed by atoms with Crippen LogP contribution in [0.5, 0.6) is 0 Å². The molecule has 0 aliphatic carbocycles. The van der Waals surface area contributed by atoms with Crippen LogP contribution in [0.25, 0.3) is 264 Å². The second-order valence-electron chi connectivity index (χ2n) is 35.9. The summed E-state index contributed by atoms with van der Waals surface area (Å²) >= 11 is 0. The van der Waals surface area contributed by atoms with E-state index in [4.69, 9.17) is 0 Å². The maximum Gasteiger partial charge on any atom is 0.0547 e. The van der Waals surface area contributed by atoms with E-state index in [0.29, 0.717) is 0 Å². The number of hydrogen-bond donors (Lipinski definition) is 0. The minimum atomic E-state index is 1.15. The van der Waals surface area contributed by atoms with Gasteiger partial charge in [-0.2, -0.15) is 0 Å². The van der Waals surface area contributed by atoms with E-state index >= 15 is 0 Å². The lowest BCUT2D eigenvalue weighted by atomic mass is 9.84. The molecule has 0 aliphatic heterocycles. The molecule has 4 nitrogen and oxygen atoms in total. The Bertz CT molecular complexity index is 9270. The lowest BCUT2D eigenvalue weighted by Crippen LogP contribution is -1.94. The number of rotatable bonds is 12. The topological polar surface area (TPSA) is 19.7 Å². The van der Waals surface area contributed by atoms with Crippen LogP contribution >= 0.6 is 0 Å². The summed E-state index contributed by atoms with van der Waals surface area (Å²) in [5.74, 6) is 0.